The third kappa shape index (κ3) is 4.11. The van der Waals surface area contributed by atoms with Crippen molar-refractivity contribution in [1.29, 1.82) is 0 Å². The quantitative estimate of drug-likeness (QED) is 0.847. The van der Waals surface area contributed by atoms with Crippen molar-refractivity contribution in [3.05, 3.63) is 64.7 Å². The van der Waals surface area contributed by atoms with E-state index in [-0.39, 0.29) is 12.0 Å². The van der Waals surface area contributed by atoms with Gasteiger partial charge in [-0.15, -0.1) is 0 Å². The number of hydrogen-bond donors (Lipinski definition) is 1. The maximum Gasteiger partial charge on any atom is 0.122 e. The zero-order valence-corrected chi connectivity index (χ0v) is 16.3. The van der Waals surface area contributed by atoms with Gasteiger partial charge in [0, 0.05) is 18.5 Å². The highest BCUT2D eigenvalue weighted by atomic mass is 16.5. The topological polar surface area (TPSA) is 32.7 Å². The molecule has 0 spiro atoms. The lowest BCUT2D eigenvalue weighted by atomic mass is 9.75. The number of benzene rings is 2. The van der Waals surface area contributed by atoms with Gasteiger partial charge in [0.05, 0.1) is 13.7 Å². The van der Waals surface area contributed by atoms with Gasteiger partial charge in [-0.3, -0.25) is 4.90 Å². The number of likely N-dealkylation sites (tertiary alicyclic amines) is 1. The van der Waals surface area contributed by atoms with Gasteiger partial charge in [0.2, 0.25) is 0 Å². The van der Waals surface area contributed by atoms with E-state index in [2.05, 4.69) is 61.2 Å². The summed E-state index contributed by atoms with van der Waals surface area (Å²) < 4.78 is 5.44. The molecule has 0 saturated carbocycles. The van der Waals surface area contributed by atoms with Crippen molar-refractivity contribution in [2.75, 3.05) is 26.8 Å². The zero-order valence-electron chi connectivity index (χ0n) is 16.3. The Morgan fingerprint density at radius 2 is 1.85 bits per heavy atom. The fourth-order valence-corrected chi connectivity index (χ4v) is 4.29. The van der Waals surface area contributed by atoms with Crippen molar-refractivity contribution in [1.82, 2.24) is 4.90 Å². The molecule has 3 heteroatoms. The molecule has 26 heavy (non-hydrogen) atoms. The van der Waals surface area contributed by atoms with Gasteiger partial charge in [0.1, 0.15) is 5.75 Å². The molecule has 1 N–H and O–H groups in total. The number of aliphatic hydroxyl groups is 1. The second-order valence-corrected chi connectivity index (χ2v) is 7.81. The van der Waals surface area contributed by atoms with Crippen molar-refractivity contribution in [2.45, 2.75) is 39.7 Å². The molecule has 1 saturated heterocycles. The van der Waals surface area contributed by atoms with Crippen LogP contribution in [0.15, 0.2) is 42.5 Å². The van der Waals surface area contributed by atoms with Crippen LogP contribution in [-0.4, -0.2) is 36.8 Å². The van der Waals surface area contributed by atoms with Gasteiger partial charge in [-0.25, -0.2) is 0 Å². The summed E-state index contributed by atoms with van der Waals surface area (Å²) >= 11 is 0. The van der Waals surface area contributed by atoms with E-state index in [1.165, 1.54) is 22.3 Å². The van der Waals surface area contributed by atoms with Crippen molar-refractivity contribution >= 4 is 0 Å². The molecule has 0 aromatic heterocycles. The number of nitrogens with zero attached hydrogens (tertiary/aromatic N) is 1. The van der Waals surface area contributed by atoms with Crippen molar-refractivity contribution in [2.24, 2.45) is 5.41 Å². The van der Waals surface area contributed by atoms with Gasteiger partial charge in [-0.1, -0.05) is 36.4 Å². The Kier molecular flexibility index (Phi) is 6.00. The number of aliphatic hydroxyl groups excluding tert-OH is 1. The van der Waals surface area contributed by atoms with E-state index in [9.17, 15) is 5.11 Å². The molecule has 2 aromatic rings. The standard InChI is InChI=1S/C23H31NO2/c1-18-19(2)22(26-3)11-10-21(18)15-24-13-7-12-23(16-24,17-25)14-20-8-5-4-6-9-20/h4-6,8-11,25H,7,12-17H2,1-3H3. The molecule has 0 radical (unpaired) electrons. The average Bonchev–Trinajstić information content (AvgIpc) is 2.67. The van der Waals surface area contributed by atoms with Gasteiger partial charge in [-0.05, 0) is 68.0 Å². The van der Waals surface area contributed by atoms with E-state index in [1.807, 2.05) is 0 Å². The molecule has 1 unspecified atom stereocenters. The molecule has 140 valence electrons. The predicted octanol–water partition coefficient (Wildman–Crippen LogP) is 4.13. The fraction of sp³-hybridized carbons (Fsp3) is 0.478. The molecule has 1 atom stereocenters. The minimum atomic E-state index is -0.0327. The number of ether oxygens (including phenoxy) is 1. The minimum Gasteiger partial charge on any atom is -0.496 e. The first-order valence-corrected chi connectivity index (χ1v) is 9.57. The van der Waals surface area contributed by atoms with Crippen LogP contribution in [0.5, 0.6) is 5.75 Å². The second-order valence-electron chi connectivity index (χ2n) is 7.81. The van der Waals surface area contributed by atoms with E-state index >= 15 is 0 Å². The number of methoxy groups -OCH3 is 1. The maximum absolute atomic E-state index is 10.2. The summed E-state index contributed by atoms with van der Waals surface area (Å²) in [5, 5.41) is 10.2. The summed E-state index contributed by atoms with van der Waals surface area (Å²) in [4.78, 5) is 2.51. The van der Waals surface area contributed by atoms with Gasteiger partial charge in [0.25, 0.3) is 0 Å². The Bertz CT molecular complexity index is 728. The first-order valence-electron chi connectivity index (χ1n) is 9.57. The third-order valence-corrected chi connectivity index (χ3v) is 5.96. The summed E-state index contributed by atoms with van der Waals surface area (Å²) in [6, 6.07) is 14.8. The van der Waals surface area contributed by atoms with E-state index < -0.39 is 0 Å². The van der Waals surface area contributed by atoms with Crippen LogP contribution < -0.4 is 4.74 Å². The maximum atomic E-state index is 10.2. The molecule has 2 aromatic carbocycles. The smallest absolute Gasteiger partial charge is 0.122 e. The van der Waals surface area contributed by atoms with Gasteiger partial charge in [-0.2, -0.15) is 0 Å². The Morgan fingerprint density at radius 1 is 1.08 bits per heavy atom. The van der Waals surface area contributed by atoms with Crippen LogP contribution in [0, 0.1) is 19.3 Å². The van der Waals surface area contributed by atoms with Crippen LogP contribution >= 0.6 is 0 Å². The van der Waals surface area contributed by atoms with Crippen LogP contribution in [0.1, 0.15) is 35.1 Å². The van der Waals surface area contributed by atoms with E-state index in [4.69, 9.17) is 4.74 Å². The lowest BCUT2D eigenvalue weighted by Gasteiger charge is -2.42. The SMILES string of the molecule is COc1ccc(CN2CCCC(CO)(Cc3ccccc3)C2)c(C)c1C. The second kappa shape index (κ2) is 8.24. The molecular weight excluding hydrogens is 322 g/mol. The monoisotopic (exact) mass is 353 g/mol. The molecule has 1 fully saturated rings. The van der Waals surface area contributed by atoms with Crippen molar-refractivity contribution in [3.8, 4) is 5.75 Å². The Balaban J connectivity index is 1.74. The first-order chi connectivity index (χ1) is 12.6. The summed E-state index contributed by atoms with van der Waals surface area (Å²) in [7, 11) is 1.73. The molecule has 3 nitrogen and oxygen atoms in total. The van der Waals surface area contributed by atoms with Crippen LogP contribution in [0.4, 0.5) is 0 Å². The molecule has 0 aliphatic carbocycles. The Morgan fingerprint density at radius 3 is 2.54 bits per heavy atom. The summed E-state index contributed by atoms with van der Waals surface area (Å²) in [5.41, 5.74) is 5.18. The summed E-state index contributed by atoms with van der Waals surface area (Å²) in [6.45, 7) is 7.54. The number of rotatable bonds is 6. The van der Waals surface area contributed by atoms with Crippen molar-refractivity contribution in [3.63, 3.8) is 0 Å². The number of hydrogen-bond acceptors (Lipinski definition) is 3. The number of piperidine rings is 1. The predicted molar refractivity (Wildman–Crippen MR) is 107 cm³/mol. The minimum absolute atomic E-state index is 0.0327. The summed E-state index contributed by atoms with van der Waals surface area (Å²) in [5.74, 6) is 0.957. The fourth-order valence-electron chi connectivity index (χ4n) is 4.29. The highest BCUT2D eigenvalue weighted by molar-refractivity contribution is 5.43. The molecule has 1 heterocycles. The highest BCUT2D eigenvalue weighted by Crippen LogP contribution is 2.34. The lowest BCUT2D eigenvalue weighted by Crippen LogP contribution is -2.46. The van der Waals surface area contributed by atoms with E-state index in [0.29, 0.717) is 0 Å². The molecule has 0 bridgehead atoms. The largest absolute Gasteiger partial charge is 0.496 e. The molecule has 1 aliphatic heterocycles. The van der Waals surface area contributed by atoms with Gasteiger partial charge < -0.3 is 9.84 Å². The molecule has 0 amide bonds. The Hall–Kier alpha value is -1.84. The van der Waals surface area contributed by atoms with Crippen LogP contribution in [0.25, 0.3) is 0 Å². The Labute approximate surface area is 157 Å². The average molecular weight is 354 g/mol. The normalized spacial score (nSPS) is 20.9. The van der Waals surface area contributed by atoms with Crippen molar-refractivity contribution < 1.29 is 9.84 Å². The van der Waals surface area contributed by atoms with E-state index in [1.54, 1.807) is 7.11 Å². The third-order valence-electron chi connectivity index (χ3n) is 5.96. The van der Waals surface area contributed by atoms with E-state index in [0.717, 1.165) is 44.6 Å². The molecule has 1 aliphatic rings. The van der Waals surface area contributed by atoms with Crippen LogP contribution in [0.3, 0.4) is 0 Å². The summed E-state index contributed by atoms with van der Waals surface area (Å²) in [6.07, 6.45) is 3.18. The molecule has 3 rings (SSSR count). The lowest BCUT2D eigenvalue weighted by molar-refractivity contribution is 0.0288. The van der Waals surface area contributed by atoms with Gasteiger partial charge >= 0.3 is 0 Å². The highest BCUT2D eigenvalue weighted by Gasteiger charge is 2.35. The van der Waals surface area contributed by atoms with Gasteiger partial charge in [0.15, 0.2) is 0 Å². The van der Waals surface area contributed by atoms with Crippen LogP contribution in [0.2, 0.25) is 0 Å². The first kappa shape index (κ1) is 18.9. The zero-order chi connectivity index (χ0) is 18.6. The molecular formula is C23H31NO2. The van der Waals surface area contributed by atoms with Crippen LogP contribution in [-0.2, 0) is 13.0 Å².